The average molecular weight is 278 g/mol. The van der Waals surface area contributed by atoms with Crippen molar-refractivity contribution >= 4 is 5.97 Å². The van der Waals surface area contributed by atoms with Gasteiger partial charge in [0, 0.05) is 6.92 Å². The molecule has 2 rings (SSSR count). The average Bonchev–Trinajstić information content (AvgIpc) is 2.92. The Morgan fingerprint density at radius 1 is 1.40 bits per heavy atom. The summed E-state index contributed by atoms with van der Waals surface area (Å²) >= 11 is 0. The van der Waals surface area contributed by atoms with Gasteiger partial charge >= 0.3 is 5.97 Å². The molecule has 3 nitrogen and oxygen atoms in total. The lowest BCUT2D eigenvalue weighted by Gasteiger charge is -2.21. The number of fused-ring (bicyclic) bond motifs is 1. The van der Waals surface area contributed by atoms with Gasteiger partial charge in [-0.3, -0.25) is 4.79 Å². The van der Waals surface area contributed by atoms with Gasteiger partial charge < -0.3 is 9.47 Å². The Hall–Kier alpha value is -1.09. The van der Waals surface area contributed by atoms with Crippen molar-refractivity contribution in [3.63, 3.8) is 0 Å². The molecule has 0 amide bonds. The van der Waals surface area contributed by atoms with E-state index in [-0.39, 0.29) is 23.1 Å². The molecule has 2 aliphatic rings. The minimum atomic E-state index is -0.241. The zero-order valence-electron chi connectivity index (χ0n) is 13.2. The zero-order chi connectivity index (χ0) is 15.0. The van der Waals surface area contributed by atoms with Crippen LogP contribution in [0.25, 0.3) is 0 Å². The normalized spacial score (nSPS) is 40.5. The smallest absolute Gasteiger partial charge is 0.303 e. The summed E-state index contributed by atoms with van der Waals surface area (Å²) in [4.78, 5) is 11.2. The van der Waals surface area contributed by atoms with Crippen LogP contribution in [0.5, 0.6) is 0 Å². The zero-order valence-corrected chi connectivity index (χ0v) is 13.2. The number of hydrogen-bond donors (Lipinski definition) is 0. The number of epoxide rings is 1. The van der Waals surface area contributed by atoms with Gasteiger partial charge in [0.25, 0.3) is 0 Å². The molecule has 112 valence electrons. The van der Waals surface area contributed by atoms with Crippen LogP contribution in [0.15, 0.2) is 23.8 Å². The molecule has 0 saturated carbocycles. The van der Waals surface area contributed by atoms with E-state index in [0.717, 1.165) is 24.8 Å². The third-order valence-electron chi connectivity index (χ3n) is 4.32. The fourth-order valence-electron chi connectivity index (χ4n) is 2.83. The molecule has 1 fully saturated rings. The van der Waals surface area contributed by atoms with Crippen LogP contribution in [0.4, 0.5) is 0 Å². The molecule has 20 heavy (non-hydrogen) atoms. The van der Waals surface area contributed by atoms with Crippen LogP contribution in [0, 0.1) is 5.41 Å². The second-order valence-electron chi connectivity index (χ2n) is 6.99. The van der Waals surface area contributed by atoms with E-state index >= 15 is 0 Å². The molecular formula is C17H26O3. The SMILES string of the molecule is CC(=O)O[C@H]1/C=C\C(C)(C)C[C@@H]2O[C@@]2(C)CC/C=C\1C. The van der Waals surface area contributed by atoms with Gasteiger partial charge in [-0.1, -0.05) is 26.0 Å². The van der Waals surface area contributed by atoms with Gasteiger partial charge in [-0.15, -0.1) is 0 Å². The van der Waals surface area contributed by atoms with Crippen molar-refractivity contribution in [2.24, 2.45) is 5.41 Å². The Morgan fingerprint density at radius 3 is 2.75 bits per heavy atom. The number of ether oxygens (including phenoxy) is 2. The molecule has 1 saturated heterocycles. The Bertz CT molecular complexity index is 447. The number of allylic oxidation sites excluding steroid dienone is 2. The second-order valence-corrected chi connectivity index (χ2v) is 6.99. The summed E-state index contributed by atoms with van der Waals surface area (Å²) in [6.45, 7) is 10.1. The third kappa shape index (κ3) is 3.72. The molecule has 1 aliphatic carbocycles. The molecule has 1 aliphatic heterocycles. The monoisotopic (exact) mass is 278 g/mol. The number of carbonyl (C=O) groups excluding carboxylic acids is 1. The van der Waals surface area contributed by atoms with Crippen LogP contribution < -0.4 is 0 Å². The first-order chi connectivity index (χ1) is 9.22. The Balaban J connectivity index is 2.21. The van der Waals surface area contributed by atoms with Crippen LogP contribution in [-0.2, 0) is 14.3 Å². The van der Waals surface area contributed by atoms with Crippen molar-refractivity contribution < 1.29 is 14.3 Å². The van der Waals surface area contributed by atoms with Gasteiger partial charge in [0.1, 0.15) is 6.10 Å². The Kier molecular flexibility index (Phi) is 4.10. The first-order valence-electron chi connectivity index (χ1n) is 7.43. The van der Waals surface area contributed by atoms with Crippen LogP contribution in [0.3, 0.4) is 0 Å². The maximum atomic E-state index is 11.2. The molecule has 0 N–H and O–H groups in total. The van der Waals surface area contributed by atoms with E-state index in [0.29, 0.717) is 6.10 Å². The fourth-order valence-corrected chi connectivity index (χ4v) is 2.83. The van der Waals surface area contributed by atoms with E-state index in [1.807, 2.05) is 13.0 Å². The summed E-state index contributed by atoms with van der Waals surface area (Å²) in [6.07, 6.45) is 9.44. The highest BCUT2D eigenvalue weighted by Gasteiger charge is 2.52. The third-order valence-corrected chi connectivity index (χ3v) is 4.32. The fraction of sp³-hybridized carbons (Fsp3) is 0.706. The summed E-state index contributed by atoms with van der Waals surface area (Å²) in [7, 11) is 0. The molecule has 0 unspecified atom stereocenters. The van der Waals surface area contributed by atoms with E-state index < -0.39 is 0 Å². The first kappa shape index (κ1) is 15.3. The van der Waals surface area contributed by atoms with Gasteiger partial charge in [-0.2, -0.15) is 0 Å². The first-order valence-corrected chi connectivity index (χ1v) is 7.43. The molecule has 3 heteroatoms. The highest BCUT2D eigenvalue weighted by molar-refractivity contribution is 5.66. The number of rotatable bonds is 1. The van der Waals surface area contributed by atoms with E-state index in [2.05, 4.69) is 32.9 Å². The minimum absolute atomic E-state index is 0.0309. The van der Waals surface area contributed by atoms with Crippen molar-refractivity contribution in [3.8, 4) is 0 Å². The van der Waals surface area contributed by atoms with Crippen LogP contribution in [0.1, 0.15) is 53.9 Å². The lowest BCUT2D eigenvalue weighted by molar-refractivity contribution is -0.142. The quantitative estimate of drug-likeness (QED) is 0.416. The van der Waals surface area contributed by atoms with Crippen molar-refractivity contribution in [1.29, 1.82) is 0 Å². The van der Waals surface area contributed by atoms with Crippen molar-refractivity contribution in [2.75, 3.05) is 0 Å². The summed E-state index contributed by atoms with van der Waals surface area (Å²) in [6, 6.07) is 0. The number of hydrogen-bond acceptors (Lipinski definition) is 3. The maximum Gasteiger partial charge on any atom is 0.303 e. The number of carbonyl (C=O) groups is 1. The molecule has 0 radical (unpaired) electrons. The highest BCUT2D eigenvalue weighted by Crippen LogP contribution is 2.47. The lowest BCUT2D eigenvalue weighted by atomic mass is 9.83. The van der Waals surface area contributed by atoms with Crippen LogP contribution >= 0.6 is 0 Å². The largest absolute Gasteiger partial charge is 0.454 e. The molecule has 0 spiro atoms. The standard InChI is InChI=1S/C17H26O3/c1-12-7-6-9-17(5)15(20-17)11-16(3,4)10-8-14(12)19-13(2)18/h7-8,10,14-15H,6,9,11H2,1-5H3/b10-8-,12-7-/t14-,15-,17-/m0/s1. The molecule has 0 aromatic carbocycles. The lowest BCUT2D eigenvalue weighted by Crippen LogP contribution is -2.18. The molecule has 0 aromatic rings. The molecular weight excluding hydrogens is 252 g/mol. The van der Waals surface area contributed by atoms with Gasteiger partial charge in [-0.05, 0) is 50.2 Å². The summed E-state index contributed by atoms with van der Waals surface area (Å²) < 4.78 is 11.3. The topological polar surface area (TPSA) is 38.8 Å². The van der Waals surface area contributed by atoms with Crippen molar-refractivity contribution in [3.05, 3.63) is 23.8 Å². The summed E-state index contributed by atoms with van der Waals surface area (Å²) in [5, 5.41) is 0. The molecule has 0 aromatic heterocycles. The Labute approximate surface area is 122 Å². The minimum Gasteiger partial charge on any atom is -0.454 e. The molecule has 1 heterocycles. The van der Waals surface area contributed by atoms with E-state index in [1.54, 1.807) is 0 Å². The van der Waals surface area contributed by atoms with Crippen LogP contribution in [0.2, 0.25) is 0 Å². The molecule has 0 bridgehead atoms. The van der Waals surface area contributed by atoms with Crippen LogP contribution in [-0.4, -0.2) is 23.8 Å². The predicted octanol–water partition coefficient (Wildman–Crippen LogP) is 3.79. The maximum absolute atomic E-state index is 11.2. The van der Waals surface area contributed by atoms with Crippen molar-refractivity contribution in [2.45, 2.75) is 71.7 Å². The van der Waals surface area contributed by atoms with Gasteiger partial charge in [0.2, 0.25) is 0 Å². The number of esters is 1. The Morgan fingerprint density at radius 2 is 2.10 bits per heavy atom. The predicted molar refractivity (Wildman–Crippen MR) is 79.4 cm³/mol. The van der Waals surface area contributed by atoms with Gasteiger partial charge in [-0.25, -0.2) is 0 Å². The summed E-state index contributed by atoms with van der Waals surface area (Å²) in [5.41, 5.74) is 1.17. The van der Waals surface area contributed by atoms with Gasteiger partial charge in [0.15, 0.2) is 0 Å². The second kappa shape index (κ2) is 5.36. The molecule has 3 atom stereocenters. The van der Waals surface area contributed by atoms with Crippen molar-refractivity contribution in [1.82, 2.24) is 0 Å². The van der Waals surface area contributed by atoms with E-state index in [9.17, 15) is 4.79 Å². The highest BCUT2D eigenvalue weighted by atomic mass is 16.6. The summed E-state index contributed by atoms with van der Waals surface area (Å²) in [5.74, 6) is -0.238. The van der Waals surface area contributed by atoms with E-state index in [4.69, 9.17) is 9.47 Å². The van der Waals surface area contributed by atoms with Gasteiger partial charge in [0.05, 0.1) is 11.7 Å². The van der Waals surface area contributed by atoms with E-state index in [1.165, 1.54) is 6.92 Å².